The fraction of sp³-hybridized carbons (Fsp3) is 0.600. The molecule has 0 atom stereocenters. The van der Waals surface area contributed by atoms with Crippen LogP contribution in [0.15, 0.2) is 22.8 Å². The summed E-state index contributed by atoms with van der Waals surface area (Å²) >= 11 is 0. The Labute approximate surface area is 63.6 Å². The lowest BCUT2D eigenvalue weighted by molar-refractivity contribution is 0.808. The summed E-state index contributed by atoms with van der Waals surface area (Å²) in [4.78, 5) is 0. The Hall–Kier alpha value is -0.520. The maximum atomic E-state index is 2.31. The molecule has 0 heterocycles. The molecule has 1 aliphatic rings. The molecule has 0 N–H and O–H groups in total. The normalized spacial score (nSPS) is 21.1. The topological polar surface area (TPSA) is 0 Å². The summed E-state index contributed by atoms with van der Waals surface area (Å²) in [6, 6.07) is 0. The van der Waals surface area contributed by atoms with Gasteiger partial charge in [0.05, 0.1) is 0 Å². The van der Waals surface area contributed by atoms with Crippen LogP contribution in [0.2, 0.25) is 0 Å². The third-order valence-electron chi connectivity index (χ3n) is 2.14. The van der Waals surface area contributed by atoms with E-state index in [0.717, 1.165) is 5.92 Å². The highest BCUT2D eigenvalue weighted by molar-refractivity contribution is 5.60. The molecule has 10 heavy (non-hydrogen) atoms. The third-order valence-corrected chi connectivity index (χ3v) is 2.14. The van der Waals surface area contributed by atoms with E-state index in [2.05, 4.69) is 33.8 Å². The van der Waals surface area contributed by atoms with E-state index >= 15 is 0 Å². The first-order chi connectivity index (χ1) is 4.66. The van der Waals surface area contributed by atoms with Crippen LogP contribution in [0.1, 0.15) is 34.1 Å². The summed E-state index contributed by atoms with van der Waals surface area (Å²) in [6.45, 7) is 8.94. The van der Waals surface area contributed by atoms with E-state index in [4.69, 9.17) is 0 Å². The summed E-state index contributed by atoms with van der Waals surface area (Å²) in [5, 5.41) is 0. The monoisotopic (exact) mass is 136 g/mol. The van der Waals surface area contributed by atoms with Gasteiger partial charge >= 0.3 is 0 Å². The van der Waals surface area contributed by atoms with Crippen molar-refractivity contribution in [3.05, 3.63) is 22.8 Å². The number of allylic oxidation sites excluding steroid dienone is 4. The summed E-state index contributed by atoms with van der Waals surface area (Å²) in [5.41, 5.74) is 4.65. The van der Waals surface area contributed by atoms with Gasteiger partial charge in [0.25, 0.3) is 0 Å². The lowest BCUT2D eigenvalue weighted by Gasteiger charge is -1.97. The molecule has 0 bridgehead atoms. The second kappa shape index (κ2) is 2.61. The summed E-state index contributed by atoms with van der Waals surface area (Å²) in [5.74, 6) is 0.733. The van der Waals surface area contributed by atoms with Gasteiger partial charge in [-0.15, -0.1) is 0 Å². The number of rotatable bonds is 2. The molecule has 0 aromatic heterocycles. The highest BCUT2D eigenvalue weighted by Crippen LogP contribution is 2.37. The van der Waals surface area contributed by atoms with Crippen molar-refractivity contribution >= 4 is 0 Å². The minimum atomic E-state index is 0.733. The van der Waals surface area contributed by atoms with Crippen LogP contribution < -0.4 is 0 Å². The standard InChI is InChI=1S/C10H16/c1-5-8(4)10-6-9(10)7(2)3/h6-7H,5H2,1-4H3. The maximum Gasteiger partial charge on any atom is -0.0213 e. The Morgan fingerprint density at radius 2 is 2.10 bits per heavy atom. The Morgan fingerprint density at radius 3 is 2.40 bits per heavy atom. The Balaban J connectivity index is 2.56. The minimum absolute atomic E-state index is 0.733. The van der Waals surface area contributed by atoms with Gasteiger partial charge in [-0.3, -0.25) is 0 Å². The molecular weight excluding hydrogens is 120 g/mol. The number of hydrogen-bond donors (Lipinski definition) is 0. The van der Waals surface area contributed by atoms with Crippen molar-refractivity contribution in [1.29, 1.82) is 0 Å². The van der Waals surface area contributed by atoms with E-state index in [1.54, 1.807) is 11.1 Å². The first-order valence-corrected chi connectivity index (χ1v) is 4.08. The highest BCUT2D eigenvalue weighted by Gasteiger charge is 2.20. The van der Waals surface area contributed by atoms with Crippen LogP contribution in [-0.2, 0) is 0 Å². The largest absolute Gasteiger partial charge is 0.0661 e. The first kappa shape index (κ1) is 7.59. The molecule has 0 aliphatic heterocycles. The molecule has 1 rings (SSSR count). The molecule has 56 valence electrons. The summed E-state index contributed by atoms with van der Waals surface area (Å²) < 4.78 is 0. The van der Waals surface area contributed by atoms with Gasteiger partial charge < -0.3 is 0 Å². The highest BCUT2D eigenvalue weighted by atomic mass is 14.2. The van der Waals surface area contributed by atoms with Crippen LogP contribution in [0, 0.1) is 5.92 Å². The van der Waals surface area contributed by atoms with Gasteiger partial charge in [-0.2, -0.15) is 0 Å². The lowest BCUT2D eigenvalue weighted by atomic mass is 10.1. The van der Waals surface area contributed by atoms with E-state index in [1.807, 2.05) is 0 Å². The molecule has 0 saturated carbocycles. The number of hydrogen-bond acceptors (Lipinski definition) is 0. The van der Waals surface area contributed by atoms with E-state index in [0.29, 0.717) is 0 Å². The van der Waals surface area contributed by atoms with Gasteiger partial charge in [-0.25, -0.2) is 0 Å². The van der Waals surface area contributed by atoms with Crippen LogP contribution in [-0.4, -0.2) is 0 Å². The van der Waals surface area contributed by atoms with Gasteiger partial charge in [0.1, 0.15) is 0 Å². The van der Waals surface area contributed by atoms with Gasteiger partial charge in [-0.1, -0.05) is 32.4 Å². The predicted octanol–water partition coefficient (Wildman–Crippen LogP) is 3.31. The van der Waals surface area contributed by atoms with Crippen molar-refractivity contribution < 1.29 is 0 Å². The van der Waals surface area contributed by atoms with Crippen molar-refractivity contribution in [1.82, 2.24) is 0 Å². The molecule has 0 nitrogen and oxygen atoms in total. The average molecular weight is 136 g/mol. The Bertz CT molecular complexity index is 192. The third kappa shape index (κ3) is 1.31. The van der Waals surface area contributed by atoms with Gasteiger partial charge in [-0.05, 0) is 30.4 Å². The van der Waals surface area contributed by atoms with Crippen LogP contribution in [0.5, 0.6) is 0 Å². The van der Waals surface area contributed by atoms with E-state index in [9.17, 15) is 0 Å². The fourth-order valence-corrected chi connectivity index (χ4v) is 1.16. The summed E-state index contributed by atoms with van der Waals surface area (Å²) in [7, 11) is 0. The van der Waals surface area contributed by atoms with Crippen LogP contribution in [0.4, 0.5) is 0 Å². The molecule has 0 heteroatoms. The zero-order chi connectivity index (χ0) is 7.72. The van der Waals surface area contributed by atoms with Crippen LogP contribution in [0.25, 0.3) is 0 Å². The molecule has 0 saturated heterocycles. The van der Waals surface area contributed by atoms with E-state index in [-0.39, 0.29) is 0 Å². The maximum absolute atomic E-state index is 2.31. The average Bonchev–Trinajstić information content (AvgIpc) is 2.64. The van der Waals surface area contributed by atoms with Gasteiger partial charge in [0.15, 0.2) is 0 Å². The summed E-state index contributed by atoms with van der Waals surface area (Å²) in [6.07, 6.45) is 3.51. The molecule has 0 aromatic rings. The quantitative estimate of drug-likeness (QED) is 0.546. The predicted molar refractivity (Wildman–Crippen MR) is 45.9 cm³/mol. The lowest BCUT2D eigenvalue weighted by Crippen LogP contribution is -1.82. The zero-order valence-corrected chi connectivity index (χ0v) is 7.36. The molecular formula is C10H16. The van der Waals surface area contributed by atoms with Gasteiger partial charge in [0, 0.05) is 0 Å². The van der Waals surface area contributed by atoms with Crippen molar-refractivity contribution in [2.45, 2.75) is 34.1 Å². The van der Waals surface area contributed by atoms with Gasteiger partial charge in [0.2, 0.25) is 0 Å². The second-order valence-electron chi connectivity index (χ2n) is 3.30. The second-order valence-corrected chi connectivity index (χ2v) is 3.30. The Morgan fingerprint density at radius 1 is 1.50 bits per heavy atom. The Kier molecular flexibility index (Phi) is 1.98. The molecule has 0 spiro atoms. The molecule has 0 radical (unpaired) electrons. The van der Waals surface area contributed by atoms with Crippen LogP contribution >= 0.6 is 0 Å². The molecule has 1 aliphatic carbocycles. The molecule has 0 unspecified atom stereocenters. The minimum Gasteiger partial charge on any atom is -0.0661 e. The first-order valence-electron chi connectivity index (χ1n) is 4.08. The van der Waals surface area contributed by atoms with Crippen molar-refractivity contribution in [3.8, 4) is 0 Å². The van der Waals surface area contributed by atoms with Crippen molar-refractivity contribution in [3.63, 3.8) is 0 Å². The van der Waals surface area contributed by atoms with E-state index < -0.39 is 0 Å². The van der Waals surface area contributed by atoms with Crippen LogP contribution in [0.3, 0.4) is 0 Å². The molecule has 0 fully saturated rings. The van der Waals surface area contributed by atoms with E-state index in [1.165, 1.54) is 12.0 Å². The molecule has 0 aromatic carbocycles. The molecule has 0 amide bonds. The smallest absolute Gasteiger partial charge is 0.0213 e. The fourth-order valence-electron chi connectivity index (χ4n) is 1.16. The van der Waals surface area contributed by atoms with Crippen molar-refractivity contribution in [2.75, 3.05) is 0 Å². The SMILES string of the molecule is CCC(C)=C1C=C1C(C)C. The zero-order valence-electron chi connectivity index (χ0n) is 7.36. The van der Waals surface area contributed by atoms with Crippen molar-refractivity contribution in [2.24, 2.45) is 5.92 Å².